The third-order valence-corrected chi connectivity index (χ3v) is 3.64. The number of esters is 1. The Balaban J connectivity index is 2.49. The van der Waals surface area contributed by atoms with Crippen LogP contribution in [0.1, 0.15) is 32.6 Å². The molecule has 1 fully saturated rings. The van der Waals surface area contributed by atoms with Crippen LogP contribution in [-0.4, -0.2) is 50.4 Å². The van der Waals surface area contributed by atoms with Gasteiger partial charge in [0, 0.05) is 20.2 Å². The van der Waals surface area contributed by atoms with E-state index >= 15 is 0 Å². The molecule has 19 heavy (non-hydrogen) atoms. The van der Waals surface area contributed by atoms with Gasteiger partial charge in [0.15, 0.2) is 0 Å². The highest BCUT2D eigenvalue weighted by atomic mass is 16.6. The van der Waals surface area contributed by atoms with Gasteiger partial charge in [-0.2, -0.15) is 0 Å². The molecule has 0 heterocycles. The van der Waals surface area contributed by atoms with Gasteiger partial charge in [-0.25, -0.2) is 9.59 Å². The van der Waals surface area contributed by atoms with Gasteiger partial charge in [-0.3, -0.25) is 4.90 Å². The van der Waals surface area contributed by atoms with Crippen molar-refractivity contribution in [1.29, 1.82) is 0 Å². The zero-order valence-corrected chi connectivity index (χ0v) is 12.1. The zero-order valence-electron chi connectivity index (χ0n) is 12.1. The number of carbonyl (C=O) groups is 2. The van der Waals surface area contributed by atoms with E-state index in [1.807, 2.05) is 0 Å². The predicted molar refractivity (Wildman–Crippen MR) is 70.5 cm³/mol. The first-order valence-corrected chi connectivity index (χ1v) is 6.63. The summed E-state index contributed by atoms with van der Waals surface area (Å²) < 4.78 is 9.58. The van der Waals surface area contributed by atoms with Crippen LogP contribution < -0.4 is 5.32 Å². The Morgan fingerprint density at radius 1 is 1.21 bits per heavy atom. The molecule has 1 saturated carbocycles. The highest BCUT2D eigenvalue weighted by molar-refractivity contribution is 5.82. The van der Waals surface area contributed by atoms with Gasteiger partial charge in [0.1, 0.15) is 0 Å². The second-order valence-corrected chi connectivity index (χ2v) is 5.13. The SMILES string of the molecule is COC(=O)C(OC)N(C)C(=O)NC1CCC(C)CC1. The molecule has 0 bridgehead atoms. The number of methoxy groups -OCH3 is 2. The van der Waals surface area contributed by atoms with Gasteiger partial charge in [-0.15, -0.1) is 0 Å². The molecule has 0 aliphatic heterocycles. The second-order valence-electron chi connectivity index (χ2n) is 5.13. The van der Waals surface area contributed by atoms with Crippen LogP contribution in [0.3, 0.4) is 0 Å². The molecule has 1 aliphatic rings. The van der Waals surface area contributed by atoms with Gasteiger partial charge in [-0.1, -0.05) is 6.92 Å². The summed E-state index contributed by atoms with van der Waals surface area (Å²) in [5.41, 5.74) is 0. The van der Waals surface area contributed by atoms with Gasteiger partial charge >= 0.3 is 12.0 Å². The summed E-state index contributed by atoms with van der Waals surface area (Å²) in [7, 11) is 4.15. The van der Waals surface area contributed by atoms with E-state index in [1.165, 1.54) is 26.2 Å². The van der Waals surface area contributed by atoms with Crippen LogP contribution in [0.25, 0.3) is 0 Å². The molecular formula is C13H24N2O4. The van der Waals surface area contributed by atoms with Crippen LogP contribution in [0, 0.1) is 5.92 Å². The number of nitrogens with zero attached hydrogens (tertiary/aromatic N) is 1. The highest BCUT2D eigenvalue weighted by Crippen LogP contribution is 2.23. The quantitative estimate of drug-likeness (QED) is 0.619. The van der Waals surface area contributed by atoms with Crippen molar-refractivity contribution in [3.05, 3.63) is 0 Å². The van der Waals surface area contributed by atoms with Crippen molar-refractivity contribution in [2.45, 2.75) is 44.9 Å². The fourth-order valence-electron chi connectivity index (χ4n) is 2.30. The zero-order chi connectivity index (χ0) is 14.4. The summed E-state index contributed by atoms with van der Waals surface area (Å²) in [5.74, 6) is 0.144. The lowest BCUT2D eigenvalue weighted by Gasteiger charge is -2.30. The minimum absolute atomic E-state index is 0.182. The number of hydrogen-bond donors (Lipinski definition) is 1. The van der Waals surface area contributed by atoms with Crippen LogP contribution in [0.2, 0.25) is 0 Å². The number of likely N-dealkylation sites (N-methyl/N-ethyl adjacent to an activating group) is 1. The molecule has 0 radical (unpaired) electrons. The van der Waals surface area contributed by atoms with E-state index in [0.717, 1.165) is 31.6 Å². The van der Waals surface area contributed by atoms with E-state index in [0.29, 0.717) is 0 Å². The lowest BCUT2D eigenvalue weighted by atomic mass is 9.87. The van der Waals surface area contributed by atoms with E-state index in [4.69, 9.17) is 4.74 Å². The summed E-state index contributed by atoms with van der Waals surface area (Å²) >= 11 is 0. The molecular weight excluding hydrogens is 248 g/mol. The van der Waals surface area contributed by atoms with Crippen molar-refractivity contribution in [2.75, 3.05) is 21.3 Å². The van der Waals surface area contributed by atoms with Crippen LogP contribution >= 0.6 is 0 Å². The Labute approximate surface area is 114 Å². The molecule has 0 spiro atoms. The van der Waals surface area contributed by atoms with Crippen LogP contribution in [0.4, 0.5) is 4.79 Å². The van der Waals surface area contributed by atoms with Crippen molar-refractivity contribution in [3.63, 3.8) is 0 Å². The molecule has 6 heteroatoms. The topological polar surface area (TPSA) is 67.9 Å². The van der Waals surface area contributed by atoms with Crippen molar-refractivity contribution in [3.8, 4) is 0 Å². The molecule has 0 aromatic heterocycles. The Kier molecular flexibility index (Phi) is 6.08. The highest BCUT2D eigenvalue weighted by Gasteiger charge is 2.29. The molecule has 0 aromatic carbocycles. The van der Waals surface area contributed by atoms with Crippen molar-refractivity contribution < 1.29 is 19.1 Å². The Morgan fingerprint density at radius 3 is 2.26 bits per heavy atom. The maximum Gasteiger partial charge on any atom is 0.356 e. The van der Waals surface area contributed by atoms with Crippen molar-refractivity contribution in [2.24, 2.45) is 5.92 Å². The van der Waals surface area contributed by atoms with E-state index in [1.54, 1.807) is 0 Å². The van der Waals surface area contributed by atoms with E-state index in [2.05, 4.69) is 17.0 Å². The standard InChI is InChI=1S/C13H24N2O4/c1-9-5-7-10(8-6-9)14-13(17)15(2)11(18-3)12(16)19-4/h9-11H,5-8H2,1-4H3,(H,14,17). The van der Waals surface area contributed by atoms with E-state index in [9.17, 15) is 9.59 Å². The van der Waals surface area contributed by atoms with Gasteiger partial charge in [-0.05, 0) is 31.6 Å². The smallest absolute Gasteiger partial charge is 0.356 e. The van der Waals surface area contributed by atoms with Crippen molar-refractivity contribution in [1.82, 2.24) is 10.2 Å². The van der Waals surface area contributed by atoms with Crippen LogP contribution in [0.15, 0.2) is 0 Å². The third kappa shape index (κ3) is 4.38. The Morgan fingerprint density at radius 2 is 1.79 bits per heavy atom. The molecule has 1 unspecified atom stereocenters. The lowest BCUT2D eigenvalue weighted by molar-refractivity contribution is -0.160. The number of urea groups is 1. The summed E-state index contributed by atoms with van der Waals surface area (Å²) in [6.07, 6.45) is 3.21. The molecule has 1 N–H and O–H groups in total. The number of nitrogens with one attached hydrogen (secondary N) is 1. The first-order valence-electron chi connectivity index (χ1n) is 6.63. The van der Waals surface area contributed by atoms with Crippen LogP contribution in [0.5, 0.6) is 0 Å². The maximum absolute atomic E-state index is 12.0. The van der Waals surface area contributed by atoms with E-state index in [-0.39, 0.29) is 12.1 Å². The van der Waals surface area contributed by atoms with E-state index < -0.39 is 12.2 Å². The number of ether oxygens (including phenoxy) is 2. The third-order valence-electron chi connectivity index (χ3n) is 3.64. The Hall–Kier alpha value is -1.30. The molecule has 2 amide bonds. The summed E-state index contributed by atoms with van der Waals surface area (Å²) in [6.45, 7) is 2.22. The molecule has 110 valence electrons. The van der Waals surface area contributed by atoms with Crippen molar-refractivity contribution >= 4 is 12.0 Å². The normalized spacial score (nSPS) is 24.4. The first-order chi connectivity index (χ1) is 8.99. The molecule has 1 atom stereocenters. The monoisotopic (exact) mass is 272 g/mol. The summed E-state index contributed by atoms with van der Waals surface area (Å²) in [5, 5.41) is 2.93. The maximum atomic E-state index is 12.0. The fraction of sp³-hybridized carbons (Fsp3) is 0.846. The van der Waals surface area contributed by atoms with Gasteiger partial charge in [0.05, 0.1) is 7.11 Å². The molecule has 1 rings (SSSR count). The van der Waals surface area contributed by atoms with Gasteiger partial charge < -0.3 is 14.8 Å². The molecule has 6 nitrogen and oxygen atoms in total. The molecule has 0 saturated heterocycles. The van der Waals surface area contributed by atoms with Crippen LogP contribution in [-0.2, 0) is 14.3 Å². The first kappa shape index (κ1) is 15.8. The predicted octanol–water partition coefficient (Wildman–Crippen LogP) is 1.35. The molecule has 0 aromatic rings. The fourth-order valence-corrected chi connectivity index (χ4v) is 2.30. The minimum atomic E-state index is -1.01. The average Bonchev–Trinajstić information content (AvgIpc) is 2.41. The molecule has 1 aliphatic carbocycles. The minimum Gasteiger partial charge on any atom is -0.466 e. The second kappa shape index (κ2) is 7.33. The number of rotatable bonds is 4. The van der Waals surface area contributed by atoms with Gasteiger partial charge in [0.2, 0.25) is 6.23 Å². The average molecular weight is 272 g/mol. The number of amides is 2. The lowest BCUT2D eigenvalue weighted by Crippen LogP contribution is -2.51. The number of carbonyl (C=O) groups excluding carboxylic acids is 2. The van der Waals surface area contributed by atoms with Gasteiger partial charge in [0.25, 0.3) is 0 Å². The Bertz CT molecular complexity index is 314. The largest absolute Gasteiger partial charge is 0.466 e. The summed E-state index contributed by atoms with van der Waals surface area (Å²) in [6, 6.07) is -0.127. The summed E-state index contributed by atoms with van der Waals surface area (Å²) in [4.78, 5) is 24.7. The number of hydrogen-bond acceptors (Lipinski definition) is 4.